The number of hydrogen-bond acceptors (Lipinski definition) is 2. The molecule has 0 bridgehead atoms. The van der Waals surface area contributed by atoms with Crippen LogP contribution in [0.4, 0.5) is 5.69 Å². The molecule has 106 valence electrons. The molecule has 19 heavy (non-hydrogen) atoms. The lowest BCUT2D eigenvalue weighted by atomic mass is 10.0. The van der Waals surface area contributed by atoms with Crippen LogP contribution in [0.5, 0.6) is 0 Å². The van der Waals surface area contributed by atoms with Gasteiger partial charge in [0.2, 0.25) is 0 Å². The Labute approximate surface area is 115 Å². The summed E-state index contributed by atoms with van der Waals surface area (Å²) in [5.74, 6) is 0.835. The van der Waals surface area contributed by atoms with Crippen molar-refractivity contribution in [3.63, 3.8) is 0 Å². The number of piperidine rings is 1. The highest BCUT2D eigenvalue weighted by atomic mass is 16.2. The average Bonchev–Trinajstić information content (AvgIpc) is 2.56. The molecule has 0 aromatic carbocycles. The number of carbonyl (C=O) groups excluding carboxylic acids is 1. The predicted molar refractivity (Wildman–Crippen MR) is 75.3 cm³/mol. The predicted octanol–water partition coefficient (Wildman–Crippen LogP) is 0.290. The van der Waals surface area contributed by atoms with Gasteiger partial charge in [-0.1, -0.05) is 6.92 Å². The molecule has 1 aliphatic heterocycles. The third kappa shape index (κ3) is 3.35. The summed E-state index contributed by atoms with van der Waals surface area (Å²) in [4.78, 5) is 13.5. The van der Waals surface area contributed by atoms with Gasteiger partial charge in [0.1, 0.15) is 0 Å². The molecule has 0 radical (unpaired) electrons. The minimum absolute atomic E-state index is 0.100. The van der Waals surface area contributed by atoms with Crippen LogP contribution in [-0.4, -0.2) is 35.3 Å². The van der Waals surface area contributed by atoms with Crippen LogP contribution in [-0.2, 0) is 11.8 Å². The summed E-state index contributed by atoms with van der Waals surface area (Å²) in [7, 11) is 1.90. The Kier molecular flexibility index (Phi) is 4.24. The van der Waals surface area contributed by atoms with E-state index in [1.54, 1.807) is 4.68 Å². The maximum absolute atomic E-state index is 12.1. The molecule has 2 heterocycles. The molecule has 2 atom stereocenters. The van der Waals surface area contributed by atoms with E-state index < -0.39 is 0 Å². The van der Waals surface area contributed by atoms with Crippen LogP contribution < -0.4 is 10.2 Å². The molecule has 1 amide bonds. The zero-order valence-corrected chi connectivity index (χ0v) is 12.4. The van der Waals surface area contributed by atoms with Gasteiger partial charge in [0, 0.05) is 13.0 Å². The number of amides is 1. The number of likely N-dealkylation sites (tertiary alicyclic amines) is 1. The molecule has 1 aromatic rings. The molecule has 5 heteroatoms. The first-order chi connectivity index (χ1) is 8.97. The van der Waals surface area contributed by atoms with Crippen LogP contribution in [0.15, 0.2) is 0 Å². The van der Waals surface area contributed by atoms with E-state index in [4.69, 9.17) is 0 Å². The SMILES string of the molecule is Cc1nn(C)c(C)c1NC(=O)C[NH+]1CCC[C@H](C)C1. The lowest BCUT2D eigenvalue weighted by Crippen LogP contribution is -3.14. The third-order valence-electron chi connectivity index (χ3n) is 4.05. The summed E-state index contributed by atoms with van der Waals surface area (Å²) in [5, 5.41) is 7.34. The highest BCUT2D eigenvalue weighted by molar-refractivity contribution is 5.92. The number of aryl methyl sites for hydroxylation is 2. The minimum atomic E-state index is 0.100. The zero-order valence-electron chi connectivity index (χ0n) is 12.4. The van der Waals surface area contributed by atoms with Gasteiger partial charge in [0.25, 0.3) is 5.91 Å². The van der Waals surface area contributed by atoms with E-state index in [0.717, 1.165) is 36.1 Å². The Balaban J connectivity index is 1.94. The quantitative estimate of drug-likeness (QED) is 0.825. The van der Waals surface area contributed by atoms with Gasteiger partial charge < -0.3 is 10.2 Å². The topological polar surface area (TPSA) is 51.4 Å². The van der Waals surface area contributed by atoms with Crippen LogP contribution in [0.25, 0.3) is 0 Å². The Hall–Kier alpha value is -1.36. The number of nitrogens with zero attached hydrogens (tertiary/aromatic N) is 2. The number of quaternary nitrogens is 1. The molecule has 2 rings (SSSR count). The van der Waals surface area contributed by atoms with E-state index in [9.17, 15) is 4.79 Å². The summed E-state index contributed by atoms with van der Waals surface area (Å²) in [6, 6.07) is 0. The summed E-state index contributed by atoms with van der Waals surface area (Å²) < 4.78 is 1.81. The Morgan fingerprint density at radius 1 is 1.53 bits per heavy atom. The van der Waals surface area contributed by atoms with Crippen molar-refractivity contribution < 1.29 is 9.69 Å². The number of rotatable bonds is 3. The molecular formula is C14H25N4O+. The molecule has 2 N–H and O–H groups in total. The lowest BCUT2D eigenvalue weighted by Gasteiger charge is -2.27. The van der Waals surface area contributed by atoms with Gasteiger partial charge in [-0.2, -0.15) is 5.10 Å². The molecule has 1 unspecified atom stereocenters. The largest absolute Gasteiger partial charge is 0.327 e. The van der Waals surface area contributed by atoms with E-state index in [1.807, 2.05) is 20.9 Å². The van der Waals surface area contributed by atoms with Gasteiger partial charge in [-0.15, -0.1) is 0 Å². The highest BCUT2D eigenvalue weighted by Crippen LogP contribution is 2.17. The number of carbonyl (C=O) groups is 1. The van der Waals surface area contributed by atoms with E-state index in [-0.39, 0.29) is 5.91 Å². The van der Waals surface area contributed by atoms with Crippen molar-refractivity contribution in [2.24, 2.45) is 13.0 Å². The van der Waals surface area contributed by atoms with Gasteiger partial charge in [0.15, 0.2) is 6.54 Å². The molecule has 1 aromatic heterocycles. The van der Waals surface area contributed by atoms with Gasteiger partial charge in [-0.05, 0) is 26.7 Å². The van der Waals surface area contributed by atoms with Crippen molar-refractivity contribution in [2.45, 2.75) is 33.6 Å². The monoisotopic (exact) mass is 265 g/mol. The molecule has 0 aliphatic carbocycles. The maximum Gasteiger partial charge on any atom is 0.279 e. The second kappa shape index (κ2) is 5.74. The molecule has 0 saturated carbocycles. The standard InChI is InChI=1S/C14H24N4O/c1-10-6-5-7-18(8-10)9-13(19)15-14-11(2)16-17(4)12(14)3/h10H,5-9H2,1-4H3,(H,15,19)/p+1/t10-/m0/s1. The summed E-state index contributed by atoms with van der Waals surface area (Å²) >= 11 is 0. The van der Waals surface area contributed by atoms with Crippen molar-refractivity contribution in [3.05, 3.63) is 11.4 Å². The van der Waals surface area contributed by atoms with Crippen LogP contribution in [0.3, 0.4) is 0 Å². The smallest absolute Gasteiger partial charge is 0.279 e. The minimum Gasteiger partial charge on any atom is -0.327 e. The van der Waals surface area contributed by atoms with E-state index >= 15 is 0 Å². The van der Waals surface area contributed by atoms with Gasteiger partial charge in [-0.3, -0.25) is 9.48 Å². The molecule has 0 spiro atoms. The fourth-order valence-corrected chi connectivity index (χ4v) is 2.92. The van der Waals surface area contributed by atoms with E-state index in [0.29, 0.717) is 6.54 Å². The zero-order chi connectivity index (χ0) is 14.0. The first kappa shape index (κ1) is 14.1. The van der Waals surface area contributed by atoms with Crippen LogP contribution in [0.1, 0.15) is 31.2 Å². The molecular weight excluding hydrogens is 240 g/mol. The molecule has 1 aliphatic rings. The van der Waals surface area contributed by atoms with Gasteiger partial charge in [0.05, 0.1) is 30.2 Å². The van der Waals surface area contributed by atoms with Crippen LogP contribution in [0.2, 0.25) is 0 Å². The number of nitrogens with one attached hydrogen (secondary N) is 2. The van der Waals surface area contributed by atoms with Crippen LogP contribution >= 0.6 is 0 Å². The van der Waals surface area contributed by atoms with Crippen molar-refractivity contribution >= 4 is 11.6 Å². The first-order valence-corrected chi connectivity index (χ1v) is 7.11. The molecule has 1 saturated heterocycles. The lowest BCUT2D eigenvalue weighted by molar-refractivity contribution is -0.900. The number of hydrogen-bond donors (Lipinski definition) is 2. The molecule has 5 nitrogen and oxygen atoms in total. The fourth-order valence-electron chi connectivity index (χ4n) is 2.92. The Bertz CT molecular complexity index is 466. The van der Waals surface area contributed by atoms with Crippen molar-refractivity contribution in [1.82, 2.24) is 9.78 Å². The summed E-state index contributed by atoms with van der Waals surface area (Å²) in [6.07, 6.45) is 2.53. The van der Waals surface area contributed by atoms with Crippen LogP contribution in [0, 0.1) is 19.8 Å². The van der Waals surface area contributed by atoms with Crippen molar-refractivity contribution in [3.8, 4) is 0 Å². The second-order valence-electron chi connectivity index (χ2n) is 5.85. The van der Waals surface area contributed by atoms with E-state index in [1.165, 1.54) is 17.7 Å². The summed E-state index contributed by atoms with van der Waals surface area (Å²) in [5.41, 5.74) is 2.76. The van der Waals surface area contributed by atoms with Gasteiger partial charge in [-0.25, -0.2) is 0 Å². The summed E-state index contributed by atoms with van der Waals surface area (Å²) in [6.45, 7) is 8.97. The van der Waals surface area contributed by atoms with Crippen molar-refractivity contribution in [1.29, 1.82) is 0 Å². The average molecular weight is 265 g/mol. The highest BCUT2D eigenvalue weighted by Gasteiger charge is 2.22. The van der Waals surface area contributed by atoms with E-state index in [2.05, 4.69) is 17.3 Å². The van der Waals surface area contributed by atoms with Gasteiger partial charge >= 0.3 is 0 Å². The second-order valence-corrected chi connectivity index (χ2v) is 5.85. The number of aromatic nitrogens is 2. The fraction of sp³-hybridized carbons (Fsp3) is 0.714. The Morgan fingerprint density at radius 2 is 2.26 bits per heavy atom. The normalized spacial score (nSPS) is 23.4. The first-order valence-electron chi connectivity index (χ1n) is 7.11. The maximum atomic E-state index is 12.1. The Morgan fingerprint density at radius 3 is 2.84 bits per heavy atom. The third-order valence-corrected chi connectivity index (χ3v) is 4.05. The van der Waals surface area contributed by atoms with Crippen molar-refractivity contribution in [2.75, 3.05) is 25.0 Å². The molecule has 1 fully saturated rings. The number of anilines is 1.